The molecule has 1 fully saturated rings. The number of fused-ring (bicyclic) bond motifs is 1. The lowest BCUT2D eigenvalue weighted by atomic mass is 9.88. The van der Waals surface area contributed by atoms with Gasteiger partial charge in [-0.05, 0) is 30.4 Å². The number of hydrogen-bond acceptors (Lipinski definition) is 3. The van der Waals surface area contributed by atoms with E-state index in [2.05, 4.69) is 0 Å². The summed E-state index contributed by atoms with van der Waals surface area (Å²) in [6.45, 7) is 5.69. The number of aliphatic carboxylic acids is 1. The van der Waals surface area contributed by atoms with Gasteiger partial charge in [0, 0.05) is 32.1 Å². The van der Waals surface area contributed by atoms with Crippen molar-refractivity contribution >= 4 is 17.8 Å². The Morgan fingerprint density at radius 1 is 1.19 bits per heavy atom. The molecular weight excluding hydrogens is 344 g/mol. The molecule has 1 N–H and O–H groups in total. The zero-order valence-electron chi connectivity index (χ0n) is 16.1. The topological polar surface area (TPSA) is 77.9 Å². The summed E-state index contributed by atoms with van der Waals surface area (Å²) < 4.78 is 0. The molecule has 0 aromatic heterocycles. The molecule has 3 atom stereocenters. The summed E-state index contributed by atoms with van der Waals surface area (Å²) in [5, 5.41) is 9.61. The van der Waals surface area contributed by atoms with Crippen LogP contribution in [0, 0.1) is 11.8 Å². The molecule has 0 radical (unpaired) electrons. The molecule has 1 aromatic rings. The lowest BCUT2D eigenvalue weighted by Crippen LogP contribution is -2.49. The number of piperidine rings is 1. The first-order valence-electron chi connectivity index (χ1n) is 9.80. The van der Waals surface area contributed by atoms with Gasteiger partial charge in [0.15, 0.2) is 0 Å². The summed E-state index contributed by atoms with van der Waals surface area (Å²) in [6.07, 6.45) is 2.35. The highest BCUT2D eigenvalue weighted by Crippen LogP contribution is 2.31. The molecule has 2 heterocycles. The summed E-state index contributed by atoms with van der Waals surface area (Å²) in [6, 6.07) is 7.44. The molecule has 2 aliphatic rings. The van der Waals surface area contributed by atoms with Gasteiger partial charge in [-0.1, -0.05) is 38.1 Å². The minimum absolute atomic E-state index is 0.0302. The number of nitrogens with zero attached hydrogens (tertiary/aromatic N) is 2. The SMILES string of the molecule is CCC(C)C(=O)N1CCCC(C(=O)N2Cc3ccccc3C(C(=O)O)C2)C1. The summed E-state index contributed by atoms with van der Waals surface area (Å²) in [5.74, 6) is -1.79. The maximum Gasteiger partial charge on any atom is 0.312 e. The molecular formula is C21H28N2O4. The largest absolute Gasteiger partial charge is 0.481 e. The van der Waals surface area contributed by atoms with Crippen molar-refractivity contribution in [3.8, 4) is 0 Å². The van der Waals surface area contributed by atoms with E-state index in [1.165, 1.54) is 0 Å². The van der Waals surface area contributed by atoms with Crippen LogP contribution in [0.3, 0.4) is 0 Å². The number of carboxylic acids is 1. The minimum Gasteiger partial charge on any atom is -0.481 e. The molecule has 0 aliphatic carbocycles. The number of carboxylic acid groups (broad SMARTS) is 1. The molecule has 6 heteroatoms. The van der Waals surface area contributed by atoms with Crippen LogP contribution in [-0.4, -0.2) is 52.3 Å². The average Bonchev–Trinajstić information content (AvgIpc) is 2.71. The third kappa shape index (κ3) is 3.99. The Morgan fingerprint density at radius 3 is 2.63 bits per heavy atom. The molecule has 6 nitrogen and oxygen atoms in total. The number of rotatable bonds is 4. The van der Waals surface area contributed by atoms with Gasteiger partial charge in [0.1, 0.15) is 0 Å². The lowest BCUT2D eigenvalue weighted by Gasteiger charge is -2.38. The number of benzene rings is 1. The van der Waals surface area contributed by atoms with E-state index in [0.717, 1.165) is 30.4 Å². The quantitative estimate of drug-likeness (QED) is 0.881. The van der Waals surface area contributed by atoms with E-state index in [4.69, 9.17) is 0 Å². The van der Waals surface area contributed by atoms with Crippen molar-refractivity contribution in [1.82, 2.24) is 9.80 Å². The van der Waals surface area contributed by atoms with E-state index in [1.54, 1.807) is 4.90 Å². The predicted molar refractivity (Wildman–Crippen MR) is 101 cm³/mol. The van der Waals surface area contributed by atoms with Gasteiger partial charge < -0.3 is 14.9 Å². The molecule has 3 unspecified atom stereocenters. The van der Waals surface area contributed by atoms with Crippen molar-refractivity contribution in [2.75, 3.05) is 19.6 Å². The maximum absolute atomic E-state index is 13.1. The predicted octanol–water partition coefficient (Wildman–Crippen LogP) is 2.48. The summed E-state index contributed by atoms with van der Waals surface area (Å²) >= 11 is 0. The zero-order valence-corrected chi connectivity index (χ0v) is 16.1. The fourth-order valence-corrected chi connectivity index (χ4v) is 4.11. The van der Waals surface area contributed by atoms with Crippen LogP contribution in [0.15, 0.2) is 24.3 Å². The second-order valence-corrected chi connectivity index (χ2v) is 7.74. The fraction of sp³-hybridized carbons (Fsp3) is 0.571. The van der Waals surface area contributed by atoms with Crippen LogP contribution < -0.4 is 0 Å². The van der Waals surface area contributed by atoms with Crippen LogP contribution in [-0.2, 0) is 20.9 Å². The van der Waals surface area contributed by atoms with E-state index in [0.29, 0.717) is 19.6 Å². The Kier molecular flexibility index (Phi) is 5.82. The minimum atomic E-state index is -0.905. The molecule has 2 amide bonds. The smallest absolute Gasteiger partial charge is 0.312 e. The van der Waals surface area contributed by atoms with Crippen LogP contribution in [0.2, 0.25) is 0 Å². The van der Waals surface area contributed by atoms with Crippen molar-refractivity contribution in [3.63, 3.8) is 0 Å². The van der Waals surface area contributed by atoms with Crippen molar-refractivity contribution in [1.29, 1.82) is 0 Å². The van der Waals surface area contributed by atoms with E-state index in [1.807, 2.05) is 43.0 Å². The number of carbonyl (C=O) groups excluding carboxylic acids is 2. The van der Waals surface area contributed by atoms with Crippen LogP contribution in [0.4, 0.5) is 0 Å². The molecule has 0 saturated carbocycles. The van der Waals surface area contributed by atoms with Gasteiger partial charge in [0.2, 0.25) is 11.8 Å². The van der Waals surface area contributed by atoms with E-state index in [-0.39, 0.29) is 30.2 Å². The van der Waals surface area contributed by atoms with E-state index in [9.17, 15) is 19.5 Å². The van der Waals surface area contributed by atoms with Crippen molar-refractivity contribution < 1.29 is 19.5 Å². The standard InChI is InChI=1S/C21H28N2O4/c1-3-14(2)19(24)22-10-6-8-16(12-22)20(25)23-11-15-7-4-5-9-17(15)18(13-23)21(26)27/h4-5,7,9,14,16,18H,3,6,8,10-13H2,1-2H3,(H,26,27). The molecule has 0 spiro atoms. The summed E-state index contributed by atoms with van der Waals surface area (Å²) in [4.78, 5) is 40.8. The average molecular weight is 372 g/mol. The number of carbonyl (C=O) groups is 3. The van der Waals surface area contributed by atoms with Crippen LogP contribution >= 0.6 is 0 Å². The highest BCUT2D eigenvalue weighted by molar-refractivity contribution is 5.84. The number of likely N-dealkylation sites (tertiary alicyclic amines) is 1. The zero-order chi connectivity index (χ0) is 19.6. The molecule has 3 rings (SSSR count). The highest BCUT2D eigenvalue weighted by Gasteiger charge is 2.37. The fourth-order valence-electron chi connectivity index (χ4n) is 4.11. The molecule has 1 aromatic carbocycles. The summed E-state index contributed by atoms with van der Waals surface area (Å²) in [5.41, 5.74) is 1.69. The van der Waals surface area contributed by atoms with Gasteiger partial charge in [-0.15, -0.1) is 0 Å². The number of amides is 2. The second kappa shape index (κ2) is 8.11. The molecule has 0 bridgehead atoms. The Balaban J connectivity index is 1.74. The van der Waals surface area contributed by atoms with Crippen molar-refractivity contribution in [2.45, 2.75) is 45.6 Å². The van der Waals surface area contributed by atoms with Crippen molar-refractivity contribution in [3.05, 3.63) is 35.4 Å². The third-order valence-corrected chi connectivity index (χ3v) is 5.92. The van der Waals surface area contributed by atoms with Crippen molar-refractivity contribution in [2.24, 2.45) is 11.8 Å². The van der Waals surface area contributed by atoms with Crippen LogP contribution in [0.1, 0.15) is 50.2 Å². The van der Waals surface area contributed by atoms with E-state index < -0.39 is 11.9 Å². The normalized spacial score (nSPS) is 23.5. The molecule has 2 aliphatic heterocycles. The monoisotopic (exact) mass is 372 g/mol. The number of hydrogen-bond donors (Lipinski definition) is 1. The van der Waals surface area contributed by atoms with Crippen LogP contribution in [0.5, 0.6) is 0 Å². The molecule has 27 heavy (non-hydrogen) atoms. The van der Waals surface area contributed by atoms with Gasteiger partial charge in [-0.2, -0.15) is 0 Å². The Morgan fingerprint density at radius 2 is 1.93 bits per heavy atom. The first kappa shape index (κ1) is 19.4. The van der Waals surface area contributed by atoms with Gasteiger partial charge >= 0.3 is 5.97 Å². The van der Waals surface area contributed by atoms with Gasteiger partial charge in [-0.25, -0.2) is 0 Å². The maximum atomic E-state index is 13.1. The van der Waals surface area contributed by atoms with Crippen LogP contribution in [0.25, 0.3) is 0 Å². The first-order valence-corrected chi connectivity index (χ1v) is 9.80. The Hall–Kier alpha value is -2.37. The highest BCUT2D eigenvalue weighted by atomic mass is 16.4. The van der Waals surface area contributed by atoms with Gasteiger partial charge in [-0.3, -0.25) is 14.4 Å². The molecule has 146 valence electrons. The third-order valence-electron chi connectivity index (χ3n) is 5.92. The molecule has 1 saturated heterocycles. The second-order valence-electron chi connectivity index (χ2n) is 7.74. The van der Waals surface area contributed by atoms with Gasteiger partial charge in [0.25, 0.3) is 0 Å². The first-order chi connectivity index (χ1) is 12.9. The van der Waals surface area contributed by atoms with E-state index >= 15 is 0 Å². The Labute approximate surface area is 160 Å². The van der Waals surface area contributed by atoms with Gasteiger partial charge in [0.05, 0.1) is 11.8 Å². The summed E-state index contributed by atoms with van der Waals surface area (Å²) in [7, 11) is 0. The lowest BCUT2D eigenvalue weighted by molar-refractivity contribution is -0.145. The Bertz CT molecular complexity index is 733.